The molecule has 1 rings (SSSR count). The van der Waals surface area contributed by atoms with E-state index in [0.29, 0.717) is 12.0 Å². The van der Waals surface area contributed by atoms with Crippen molar-refractivity contribution in [3.8, 4) is 5.75 Å². The molecule has 0 N–H and O–H groups in total. The zero-order valence-electron chi connectivity index (χ0n) is 8.07. The van der Waals surface area contributed by atoms with E-state index in [4.69, 9.17) is 0 Å². The monoisotopic (exact) mass is 222 g/mol. The van der Waals surface area contributed by atoms with E-state index in [-0.39, 0.29) is 0 Å². The van der Waals surface area contributed by atoms with E-state index in [1.54, 1.807) is 0 Å². The molecule has 84 valence electrons. The Balaban J connectivity index is 2.90. The summed E-state index contributed by atoms with van der Waals surface area (Å²) in [5, 5.41) is 0. The molecule has 0 unspecified atom stereocenters. The average Bonchev–Trinajstić information content (AvgIpc) is 2.09. The van der Waals surface area contributed by atoms with E-state index in [1.807, 2.05) is 6.92 Å². The van der Waals surface area contributed by atoms with Crippen LogP contribution in [0.15, 0.2) is 18.2 Å². The minimum atomic E-state index is -4.86. The summed E-state index contributed by atoms with van der Waals surface area (Å²) in [6.45, 7) is 1.88. The quantitative estimate of drug-likeness (QED) is 0.709. The second-order valence-electron chi connectivity index (χ2n) is 3.06. The summed E-state index contributed by atoms with van der Waals surface area (Å²) in [7, 11) is 0. The first-order valence-corrected chi connectivity index (χ1v) is 4.46. The van der Waals surface area contributed by atoms with Gasteiger partial charge in [0.2, 0.25) is 0 Å². The minimum absolute atomic E-state index is 0.592. The van der Waals surface area contributed by atoms with Gasteiger partial charge in [0.15, 0.2) is 11.6 Å². The maximum absolute atomic E-state index is 12.9. The van der Waals surface area contributed by atoms with Crippen LogP contribution in [-0.4, -0.2) is 6.36 Å². The third kappa shape index (κ3) is 3.77. The van der Waals surface area contributed by atoms with Crippen LogP contribution in [0.1, 0.15) is 18.9 Å². The highest BCUT2D eigenvalue weighted by molar-refractivity contribution is 5.30. The molecule has 0 saturated carbocycles. The first-order chi connectivity index (χ1) is 6.92. The zero-order chi connectivity index (χ0) is 11.5. The molecule has 0 aliphatic carbocycles. The lowest BCUT2D eigenvalue weighted by Gasteiger charge is -2.10. The van der Waals surface area contributed by atoms with Crippen LogP contribution in [0.3, 0.4) is 0 Å². The second kappa shape index (κ2) is 4.51. The van der Waals surface area contributed by atoms with Crippen LogP contribution in [0, 0.1) is 5.82 Å². The van der Waals surface area contributed by atoms with Crippen LogP contribution in [0.4, 0.5) is 17.6 Å². The normalized spacial score (nSPS) is 11.5. The molecule has 0 aromatic heterocycles. The van der Waals surface area contributed by atoms with E-state index in [2.05, 4.69) is 4.74 Å². The lowest BCUT2D eigenvalue weighted by Crippen LogP contribution is -2.18. The highest BCUT2D eigenvalue weighted by atomic mass is 19.4. The predicted molar refractivity (Wildman–Crippen MR) is 47.1 cm³/mol. The summed E-state index contributed by atoms with van der Waals surface area (Å²) < 4.78 is 52.0. The number of hydrogen-bond acceptors (Lipinski definition) is 1. The van der Waals surface area contributed by atoms with E-state index in [9.17, 15) is 17.6 Å². The summed E-state index contributed by atoms with van der Waals surface area (Å²) in [5.41, 5.74) is 0.623. The van der Waals surface area contributed by atoms with Crippen molar-refractivity contribution >= 4 is 0 Å². The summed E-state index contributed by atoms with van der Waals surface area (Å²) in [6, 6.07) is 3.50. The maximum Gasteiger partial charge on any atom is 0.573 e. The highest BCUT2D eigenvalue weighted by Gasteiger charge is 2.32. The first-order valence-electron chi connectivity index (χ1n) is 4.46. The van der Waals surface area contributed by atoms with Gasteiger partial charge in [0, 0.05) is 0 Å². The van der Waals surface area contributed by atoms with Gasteiger partial charge in [-0.3, -0.25) is 0 Å². The number of halogens is 4. The smallest absolute Gasteiger partial charge is 0.403 e. The number of aryl methyl sites for hydroxylation is 1. The van der Waals surface area contributed by atoms with Gasteiger partial charge >= 0.3 is 6.36 Å². The summed E-state index contributed by atoms with van der Waals surface area (Å²) in [5.74, 6) is -1.78. The molecular weight excluding hydrogens is 212 g/mol. The van der Waals surface area contributed by atoms with Gasteiger partial charge in [-0.05, 0) is 24.1 Å². The molecule has 15 heavy (non-hydrogen) atoms. The molecule has 1 aromatic rings. The molecule has 0 bridgehead atoms. The molecule has 1 aromatic carbocycles. The molecule has 0 atom stereocenters. The van der Waals surface area contributed by atoms with Crippen LogP contribution in [0.25, 0.3) is 0 Å². The fourth-order valence-corrected chi connectivity index (χ4v) is 1.19. The van der Waals surface area contributed by atoms with Gasteiger partial charge in [-0.15, -0.1) is 13.2 Å². The van der Waals surface area contributed by atoms with Crippen molar-refractivity contribution in [3.05, 3.63) is 29.6 Å². The number of alkyl halides is 3. The maximum atomic E-state index is 12.9. The number of rotatable bonds is 3. The van der Waals surface area contributed by atoms with Gasteiger partial charge in [0.05, 0.1) is 0 Å². The molecule has 0 aliphatic heterocycles. The standard InChI is InChI=1S/C10H10F4O/c1-2-3-7-4-5-8(11)9(6-7)15-10(12,13)14/h4-6H,2-3H2,1H3. The first kappa shape index (κ1) is 11.8. The Kier molecular flexibility index (Phi) is 3.55. The van der Waals surface area contributed by atoms with Gasteiger partial charge in [-0.25, -0.2) is 4.39 Å². The fraction of sp³-hybridized carbons (Fsp3) is 0.400. The van der Waals surface area contributed by atoms with Crippen LogP contribution >= 0.6 is 0 Å². The second-order valence-corrected chi connectivity index (χ2v) is 3.06. The van der Waals surface area contributed by atoms with Gasteiger partial charge in [0.25, 0.3) is 0 Å². The minimum Gasteiger partial charge on any atom is -0.403 e. The topological polar surface area (TPSA) is 9.23 Å². The van der Waals surface area contributed by atoms with Gasteiger partial charge in [-0.1, -0.05) is 19.4 Å². The van der Waals surface area contributed by atoms with Crippen molar-refractivity contribution in [2.24, 2.45) is 0 Å². The number of hydrogen-bond donors (Lipinski definition) is 0. The Morgan fingerprint density at radius 3 is 2.47 bits per heavy atom. The molecular formula is C10H10F4O. The van der Waals surface area contributed by atoms with Crippen molar-refractivity contribution < 1.29 is 22.3 Å². The van der Waals surface area contributed by atoms with E-state index in [0.717, 1.165) is 18.6 Å². The third-order valence-electron chi connectivity index (χ3n) is 1.76. The Morgan fingerprint density at radius 1 is 1.27 bits per heavy atom. The molecule has 0 radical (unpaired) electrons. The van der Waals surface area contributed by atoms with Crippen LogP contribution < -0.4 is 4.74 Å². The molecule has 5 heteroatoms. The van der Waals surface area contributed by atoms with Crippen molar-refractivity contribution in [2.75, 3.05) is 0 Å². The average molecular weight is 222 g/mol. The van der Waals surface area contributed by atoms with Crippen LogP contribution in [-0.2, 0) is 6.42 Å². The lowest BCUT2D eigenvalue weighted by molar-refractivity contribution is -0.275. The molecule has 0 amide bonds. The highest BCUT2D eigenvalue weighted by Crippen LogP contribution is 2.26. The van der Waals surface area contributed by atoms with Crippen LogP contribution in [0.2, 0.25) is 0 Å². The van der Waals surface area contributed by atoms with Gasteiger partial charge < -0.3 is 4.74 Å². The molecule has 0 heterocycles. The van der Waals surface area contributed by atoms with E-state index in [1.165, 1.54) is 6.07 Å². The lowest BCUT2D eigenvalue weighted by atomic mass is 10.1. The third-order valence-corrected chi connectivity index (χ3v) is 1.76. The molecule has 0 fully saturated rings. The predicted octanol–water partition coefficient (Wildman–Crippen LogP) is 3.68. The molecule has 0 saturated heterocycles. The van der Waals surface area contributed by atoms with E-state index >= 15 is 0 Å². The molecule has 1 nitrogen and oxygen atoms in total. The Labute approximate surface area is 84.7 Å². The Hall–Kier alpha value is -1.26. The summed E-state index contributed by atoms with van der Waals surface area (Å²) in [6.07, 6.45) is -3.49. The fourth-order valence-electron chi connectivity index (χ4n) is 1.19. The zero-order valence-corrected chi connectivity index (χ0v) is 8.07. The van der Waals surface area contributed by atoms with Gasteiger partial charge in [-0.2, -0.15) is 0 Å². The summed E-state index contributed by atoms with van der Waals surface area (Å²) in [4.78, 5) is 0. The van der Waals surface area contributed by atoms with Crippen molar-refractivity contribution in [2.45, 2.75) is 26.1 Å². The van der Waals surface area contributed by atoms with Crippen molar-refractivity contribution in [3.63, 3.8) is 0 Å². The largest absolute Gasteiger partial charge is 0.573 e. The number of ether oxygens (including phenoxy) is 1. The molecule has 0 aliphatic rings. The number of benzene rings is 1. The van der Waals surface area contributed by atoms with Crippen LogP contribution in [0.5, 0.6) is 5.75 Å². The van der Waals surface area contributed by atoms with E-state index < -0.39 is 17.9 Å². The molecule has 0 spiro atoms. The summed E-state index contributed by atoms with van der Waals surface area (Å²) >= 11 is 0. The Bertz CT molecular complexity index is 333. The van der Waals surface area contributed by atoms with Gasteiger partial charge in [0.1, 0.15) is 0 Å². The van der Waals surface area contributed by atoms with Crippen molar-refractivity contribution in [1.29, 1.82) is 0 Å². The van der Waals surface area contributed by atoms with Crippen molar-refractivity contribution in [1.82, 2.24) is 0 Å². The SMILES string of the molecule is CCCc1ccc(F)c(OC(F)(F)F)c1. The Morgan fingerprint density at radius 2 is 1.93 bits per heavy atom.